The second-order valence-electron chi connectivity index (χ2n) is 5.93. The van der Waals surface area contributed by atoms with Crippen LogP contribution in [0.2, 0.25) is 0 Å². The average Bonchev–Trinajstić information content (AvgIpc) is 2.44. The molecule has 1 aliphatic carbocycles. The summed E-state index contributed by atoms with van der Waals surface area (Å²) in [5, 5.41) is 3.51. The Kier molecular flexibility index (Phi) is 5.41. The van der Waals surface area contributed by atoms with Crippen molar-refractivity contribution >= 4 is 0 Å². The van der Waals surface area contributed by atoms with Crippen molar-refractivity contribution in [3.05, 3.63) is 35.4 Å². The predicted octanol–water partition coefficient (Wildman–Crippen LogP) is 3.42. The van der Waals surface area contributed by atoms with Crippen LogP contribution in [0.1, 0.15) is 56.2 Å². The maximum atomic E-state index is 6.01. The summed E-state index contributed by atoms with van der Waals surface area (Å²) in [7, 11) is 2.08. The number of hydrogen-bond acceptors (Lipinski definition) is 2. The minimum Gasteiger partial charge on any atom is -0.328 e. The monoisotopic (exact) mass is 260 g/mol. The Morgan fingerprint density at radius 3 is 2.32 bits per heavy atom. The Labute approximate surface area is 117 Å². The second kappa shape index (κ2) is 7.06. The van der Waals surface area contributed by atoms with Gasteiger partial charge in [0.15, 0.2) is 0 Å². The molecule has 1 fully saturated rings. The number of rotatable bonds is 5. The molecule has 0 saturated heterocycles. The van der Waals surface area contributed by atoms with E-state index in [4.69, 9.17) is 5.73 Å². The maximum Gasteiger partial charge on any atom is 0.0346 e. The van der Waals surface area contributed by atoms with Crippen LogP contribution in [0.25, 0.3) is 0 Å². The van der Waals surface area contributed by atoms with Crippen LogP contribution in [0.4, 0.5) is 0 Å². The predicted molar refractivity (Wildman–Crippen MR) is 82.2 cm³/mol. The highest BCUT2D eigenvalue weighted by Gasteiger charge is 2.26. The third-order valence-corrected chi connectivity index (χ3v) is 4.48. The standard InChI is InChI=1S/C17H28N2/c1-3-4-13-5-7-14(8-6-13)17(19-2)15-9-11-16(18)12-10-15/h5-8,15-17,19H,3-4,9-12,18H2,1-2H3. The van der Waals surface area contributed by atoms with Gasteiger partial charge in [-0.3, -0.25) is 0 Å². The molecule has 3 N–H and O–H groups in total. The summed E-state index contributed by atoms with van der Waals surface area (Å²) in [5.41, 5.74) is 8.89. The van der Waals surface area contributed by atoms with Gasteiger partial charge in [0.1, 0.15) is 0 Å². The first-order valence-corrected chi connectivity index (χ1v) is 7.76. The lowest BCUT2D eigenvalue weighted by molar-refractivity contribution is 0.262. The molecule has 0 spiro atoms. The van der Waals surface area contributed by atoms with Crippen LogP contribution in [0.3, 0.4) is 0 Å². The van der Waals surface area contributed by atoms with Gasteiger partial charge in [-0.15, -0.1) is 0 Å². The highest BCUT2D eigenvalue weighted by molar-refractivity contribution is 5.25. The van der Waals surface area contributed by atoms with Crippen molar-refractivity contribution in [2.75, 3.05) is 7.05 Å². The number of nitrogens with two attached hydrogens (primary N) is 1. The van der Waals surface area contributed by atoms with E-state index in [9.17, 15) is 0 Å². The molecule has 0 amide bonds. The molecule has 1 saturated carbocycles. The van der Waals surface area contributed by atoms with Gasteiger partial charge in [-0.1, -0.05) is 37.6 Å². The van der Waals surface area contributed by atoms with E-state index in [2.05, 4.69) is 43.6 Å². The molecule has 2 rings (SSSR count). The van der Waals surface area contributed by atoms with Crippen molar-refractivity contribution in [2.45, 2.75) is 57.5 Å². The van der Waals surface area contributed by atoms with E-state index in [-0.39, 0.29) is 0 Å². The topological polar surface area (TPSA) is 38.0 Å². The normalized spacial score (nSPS) is 25.2. The Morgan fingerprint density at radius 1 is 1.16 bits per heavy atom. The summed E-state index contributed by atoms with van der Waals surface area (Å²) in [4.78, 5) is 0. The van der Waals surface area contributed by atoms with E-state index in [0.29, 0.717) is 12.1 Å². The molecule has 1 atom stereocenters. The summed E-state index contributed by atoms with van der Waals surface area (Å²) >= 11 is 0. The zero-order chi connectivity index (χ0) is 13.7. The van der Waals surface area contributed by atoms with Crippen molar-refractivity contribution in [2.24, 2.45) is 11.7 Å². The molecule has 2 heteroatoms. The third-order valence-electron chi connectivity index (χ3n) is 4.48. The first kappa shape index (κ1) is 14.5. The third kappa shape index (κ3) is 3.80. The van der Waals surface area contributed by atoms with Gasteiger partial charge in [-0.2, -0.15) is 0 Å². The summed E-state index contributed by atoms with van der Waals surface area (Å²) in [6, 6.07) is 10.1. The smallest absolute Gasteiger partial charge is 0.0346 e. The summed E-state index contributed by atoms with van der Waals surface area (Å²) in [5.74, 6) is 0.738. The Bertz CT molecular complexity index is 363. The molecule has 0 heterocycles. The highest BCUT2D eigenvalue weighted by atomic mass is 14.9. The molecule has 0 radical (unpaired) electrons. The van der Waals surface area contributed by atoms with Crippen LogP contribution >= 0.6 is 0 Å². The fourth-order valence-corrected chi connectivity index (χ4v) is 3.33. The lowest BCUT2D eigenvalue weighted by atomic mass is 9.79. The summed E-state index contributed by atoms with van der Waals surface area (Å²) in [6.07, 6.45) is 7.26. The minimum absolute atomic E-state index is 0.431. The van der Waals surface area contributed by atoms with Crippen LogP contribution in [-0.4, -0.2) is 13.1 Å². The fraction of sp³-hybridized carbons (Fsp3) is 0.647. The van der Waals surface area contributed by atoms with Gasteiger partial charge in [0.2, 0.25) is 0 Å². The van der Waals surface area contributed by atoms with Gasteiger partial charge >= 0.3 is 0 Å². The quantitative estimate of drug-likeness (QED) is 0.851. The highest BCUT2D eigenvalue weighted by Crippen LogP contribution is 2.34. The van der Waals surface area contributed by atoms with Crippen molar-refractivity contribution < 1.29 is 0 Å². The van der Waals surface area contributed by atoms with E-state index >= 15 is 0 Å². The lowest BCUT2D eigenvalue weighted by Gasteiger charge is -2.33. The lowest BCUT2D eigenvalue weighted by Crippen LogP contribution is -2.33. The first-order valence-electron chi connectivity index (χ1n) is 7.76. The van der Waals surface area contributed by atoms with Gasteiger partial charge in [-0.25, -0.2) is 0 Å². The Hall–Kier alpha value is -0.860. The Balaban J connectivity index is 2.04. The molecule has 1 unspecified atom stereocenters. The van der Waals surface area contributed by atoms with Crippen LogP contribution in [0.5, 0.6) is 0 Å². The van der Waals surface area contributed by atoms with E-state index in [1.807, 2.05) is 0 Å². The van der Waals surface area contributed by atoms with Gasteiger partial charge in [-0.05, 0) is 56.2 Å². The van der Waals surface area contributed by atoms with Crippen LogP contribution in [0.15, 0.2) is 24.3 Å². The first-order chi connectivity index (χ1) is 9.24. The second-order valence-corrected chi connectivity index (χ2v) is 5.93. The molecule has 0 aromatic heterocycles. The zero-order valence-corrected chi connectivity index (χ0v) is 12.4. The van der Waals surface area contributed by atoms with Crippen molar-refractivity contribution in [1.82, 2.24) is 5.32 Å². The minimum atomic E-state index is 0.431. The fourth-order valence-electron chi connectivity index (χ4n) is 3.33. The maximum absolute atomic E-state index is 6.01. The van der Waals surface area contributed by atoms with Crippen molar-refractivity contribution in [1.29, 1.82) is 0 Å². The molecule has 106 valence electrons. The summed E-state index contributed by atoms with van der Waals surface area (Å²) in [6.45, 7) is 2.23. The van der Waals surface area contributed by atoms with E-state index in [1.165, 1.54) is 49.7 Å². The number of nitrogens with one attached hydrogen (secondary N) is 1. The largest absolute Gasteiger partial charge is 0.328 e. The molecule has 0 bridgehead atoms. The van der Waals surface area contributed by atoms with Gasteiger partial charge < -0.3 is 11.1 Å². The SMILES string of the molecule is CCCc1ccc(C(NC)C2CCC(N)CC2)cc1. The van der Waals surface area contributed by atoms with Crippen molar-refractivity contribution in [3.63, 3.8) is 0 Å². The van der Waals surface area contributed by atoms with Crippen molar-refractivity contribution in [3.8, 4) is 0 Å². The van der Waals surface area contributed by atoms with Crippen LogP contribution in [0, 0.1) is 5.92 Å². The number of hydrogen-bond donors (Lipinski definition) is 2. The van der Waals surface area contributed by atoms with Crippen LogP contribution in [-0.2, 0) is 6.42 Å². The molecule has 2 nitrogen and oxygen atoms in total. The van der Waals surface area contributed by atoms with Crippen LogP contribution < -0.4 is 11.1 Å². The molecular formula is C17H28N2. The Morgan fingerprint density at radius 2 is 1.79 bits per heavy atom. The van der Waals surface area contributed by atoms with Gasteiger partial charge in [0, 0.05) is 12.1 Å². The number of benzene rings is 1. The molecule has 19 heavy (non-hydrogen) atoms. The van der Waals surface area contributed by atoms with Gasteiger partial charge in [0.05, 0.1) is 0 Å². The molecule has 1 aromatic carbocycles. The van der Waals surface area contributed by atoms with E-state index < -0.39 is 0 Å². The van der Waals surface area contributed by atoms with E-state index in [1.54, 1.807) is 0 Å². The average molecular weight is 260 g/mol. The molecule has 0 aliphatic heterocycles. The van der Waals surface area contributed by atoms with Gasteiger partial charge in [0.25, 0.3) is 0 Å². The summed E-state index contributed by atoms with van der Waals surface area (Å²) < 4.78 is 0. The molecular weight excluding hydrogens is 232 g/mol. The molecule has 1 aliphatic rings. The number of aryl methyl sites for hydroxylation is 1. The van der Waals surface area contributed by atoms with E-state index in [0.717, 1.165) is 5.92 Å². The zero-order valence-electron chi connectivity index (χ0n) is 12.4. The molecule has 1 aromatic rings.